The maximum Gasteiger partial charge on any atom is 0.217 e. The molecule has 4 heteroatoms. The van der Waals surface area contributed by atoms with Crippen LogP contribution in [0.25, 0.3) is 10.1 Å². The van der Waals surface area contributed by atoms with Crippen molar-refractivity contribution in [3.8, 4) is 11.5 Å². The lowest BCUT2D eigenvalue weighted by Gasteiger charge is -2.19. The van der Waals surface area contributed by atoms with Crippen LogP contribution < -0.4 is 20.7 Å². The van der Waals surface area contributed by atoms with E-state index in [-0.39, 0.29) is 0 Å². The number of benzene rings is 2. The van der Waals surface area contributed by atoms with Gasteiger partial charge in [0, 0.05) is 20.6 Å². The van der Waals surface area contributed by atoms with Crippen molar-refractivity contribution in [2.75, 3.05) is 5.73 Å². The van der Waals surface area contributed by atoms with Crippen LogP contribution in [-0.4, -0.2) is 7.28 Å². The van der Waals surface area contributed by atoms with Gasteiger partial charge in [0.15, 0.2) is 0 Å². The number of aryl methyl sites for hydroxylation is 1. The van der Waals surface area contributed by atoms with E-state index in [1.54, 1.807) is 11.3 Å². The second-order valence-corrected chi connectivity index (χ2v) is 6.10. The SMILES string of the molecule is Cc1cc(N)c2c(c1)Oc1c(sc3ccccc13)B2. The second-order valence-electron chi connectivity index (χ2n) is 4.96. The summed E-state index contributed by atoms with van der Waals surface area (Å²) in [5.74, 6) is 1.92. The molecule has 0 atom stereocenters. The van der Waals surface area contributed by atoms with E-state index in [2.05, 4.69) is 30.3 Å². The van der Waals surface area contributed by atoms with E-state index >= 15 is 0 Å². The summed E-state index contributed by atoms with van der Waals surface area (Å²) in [5, 5.41) is 1.20. The smallest absolute Gasteiger partial charge is 0.217 e. The Labute approximate surface area is 116 Å². The van der Waals surface area contributed by atoms with Crippen molar-refractivity contribution in [2.45, 2.75) is 6.92 Å². The molecule has 3 aromatic rings. The van der Waals surface area contributed by atoms with E-state index in [4.69, 9.17) is 10.5 Å². The van der Waals surface area contributed by atoms with Crippen molar-refractivity contribution in [3.63, 3.8) is 0 Å². The fourth-order valence-corrected chi connectivity index (χ4v) is 3.81. The van der Waals surface area contributed by atoms with E-state index in [0.29, 0.717) is 0 Å². The Hall–Kier alpha value is -1.94. The topological polar surface area (TPSA) is 35.2 Å². The predicted molar refractivity (Wildman–Crippen MR) is 83.9 cm³/mol. The van der Waals surface area contributed by atoms with Gasteiger partial charge in [0.1, 0.15) is 11.5 Å². The van der Waals surface area contributed by atoms with Crippen molar-refractivity contribution in [1.29, 1.82) is 0 Å². The number of hydrogen-bond acceptors (Lipinski definition) is 3. The molecule has 1 aliphatic rings. The first-order valence-corrected chi connectivity index (χ1v) is 7.11. The molecule has 2 nitrogen and oxygen atoms in total. The first kappa shape index (κ1) is 10.9. The first-order chi connectivity index (χ1) is 9.22. The van der Waals surface area contributed by atoms with Gasteiger partial charge in [0.05, 0.1) is 0 Å². The highest BCUT2D eigenvalue weighted by molar-refractivity contribution is 7.29. The number of rotatable bonds is 0. The standard InChI is InChI=1S/C15H12BNOS/c1-8-6-10(17)13-11(7-8)18-14-9-4-2-3-5-12(9)19-15(14)16-13/h2-7,16H,17H2,1H3. The third-order valence-corrected chi connectivity index (χ3v) is 4.71. The maximum absolute atomic E-state index is 6.12. The molecule has 2 N–H and O–H groups in total. The molecule has 0 fully saturated rings. The Morgan fingerprint density at radius 2 is 2.05 bits per heavy atom. The summed E-state index contributed by atoms with van der Waals surface area (Å²) < 4.78 is 8.66. The molecule has 2 heterocycles. The minimum atomic E-state index is 0.832. The summed E-state index contributed by atoms with van der Waals surface area (Å²) in [6.45, 7) is 2.04. The number of ether oxygens (including phenoxy) is 1. The molecule has 0 amide bonds. The lowest BCUT2D eigenvalue weighted by molar-refractivity contribution is 0.495. The molecule has 92 valence electrons. The van der Waals surface area contributed by atoms with E-state index < -0.39 is 0 Å². The first-order valence-electron chi connectivity index (χ1n) is 6.29. The van der Waals surface area contributed by atoms with Gasteiger partial charge in [0.25, 0.3) is 0 Å². The lowest BCUT2D eigenvalue weighted by Crippen LogP contribution is -2.33. The number of nitrogens with two attached hydrogens (primary N) is 1. The number of thiophene rings is 1. The van der Waals surface area contributed by atoms with E-state index in [1.165, 1.54) is 14.9 Å². The normalized spacial score (nSPS) is 12.5. The van der Waals surface area contributed by atoms with Gasteiger partial charge in [0.2, 0.25) is 7.28 Å². The Morgan fingerprint density at radius 3 is 2.95 bits per heavy atom. The summed E-state index contributed by atoms with van der Waals surface area (Å²) in [7, 11) is 0.871. The third-order valence-electron chi connectivity index (χ3n) is 3.56. The van der Waals surface area contributed by atoms with Crippen LogP contribution in [0.1, 0.15) is 5.56 Å². The molecule has 0 saturated heterocycles. The quantitative estimate of drug-likeness (QED) is 0.391. The monoisotopic (exact) mass is 265 g/mol. The van der Waals surface area contributed by atoms with Gasteiger partial charge in [-0.15, -0.1) is 11.3 Å². The van der Waals surface area contributed by atoms with Crippen molar-refractivity contribution in [2.24, 2.45) is 0 Å². The van der Waals surface area contributed by atoms with Crippen molar-refractivity contribution in [1.82, 2.24) is 0 Å². The largest absolute Gasteiger partial charge is 0.457 e. The van der Waals surface area contributed by atoms with Crippen LogP contribution >= 0.6 is 11.3 Å². The Balaban J connectivity index is 1.96. The molecule has 4 rings (SSSR count). The molecule has 1 aliphatic heterocycles. The molecule has 0 aliphatic carbocycles. The highest BCUT2D eigenvalue weighted by Crippen LogP contribution is 2.35. The zero-order valence-electron chi connectivity index (χ0n) is 10.6. The fraction of sp³-hybridized carbons (Fsp3) is 0.0667. The van der Waals surface area contributed by atoms with Crippen LogP contribution in [0.4, 0.5) is 5.69 Å². The summed E-state index contributed by atoms with van der Waals surface area (Å²) >= 11 is 1.80. The van der Waals surface area contributed by atoms with Crippen molar-refractivity contribution < 1.29 is 4.74 Å². The highest BCUT2D eigenvalue weighted by Gasteiger charge is 2.24. The number of nitrogen functional groups attached to an aromatic ring is 1. The molecule has 0 unspecified atom stereocenters. The Morgan fingerprint density at radius 1 is 1.21 bits per heavy atom. The zero-order valence-corrected chi connectivity index (χ0v) is 11.4. The van der Waals surface area contributed by atoms with Crippen molar-refractivity contribution >= 4 is 44.6 Å². The van der Waals surface area contributed by atoms with Crippen LogP contribution in [0.5, 0.6) is 11.5 Å². The summed E-state index contributed by atoms with van der Waals surface area (Å²) in [6, 6.07) is 12.5. The van der Waals surface area contributed by atoms with Crippen LogP contribution in [0.15, 0.2) is 36.4 Å². The van der Waals surface area contributed by atoms with Gasteiger partial charge in [-0.2, -0.15) is 0 Å². The van der Waals surface area contributed by atoms with Gasteiger partial charge in [-0.25, -0.2) is 0 Å². The van der Waals surface area contributed by atoms with Gasteiger partial charge in [-0.1, -0.05) is 12.1 Å². The number of hydrogen-bond donors (Lipinski definition) is 1. The van der Waals surface area contributed by atoms with Gasteiger partial charge < -0.3 is 10.5 Å². The van der Waals surface area contributed by atoms with E-state index in [0.717, 1.165) is 35.5 Å². The third kappa shape index (κ3) is 1.56. The lowest BCUT2D eigenvalue weighted by atomic mass is 9.66. The second kappa shape index (κ2) is 3.78. The van der Waals surface area contributed by atoms with Crippen LogP contribution in [0.3, 0.4) is 0 Å². The Bertz CT molecular complexity index is 809. The van der Waals surface area contributed by atoms with Gasteiger partial charge in [-0.3, -0.25) is 0 Å². The molecule has 0 saturated carbocycles. The predicted octanol–water partition coefficient (Wildman–Crippen LogP) is 2.28. The van der Waals surface area contributed by atoms with Crippen molar-refractivity contribution in [3.05, 3.63) is 42.0 Å². The van der Waals surface area contributed by atoms with Crippen LogP contribution in [0, 0.1) is 6.92 Å². The number of anilines is 1. The minimum absolute atomic E-state index is 0.832. The van der Waals surface area contributed by atoms with E-state index in [9.17, 15) is 0 Å². The number of fused-ring (bicyclic) bond motifs is 4. The molecular formula is C15H12BNOS. The van der Waals surface area contributed by atoms with Crippen LogP contribution in [-0.2, 0) is 0 Å². The minimum Gasteiger partial charge on any atom is -0.457 e. The maximum atomic E-state index is 6.12. The molecule has 0 bridgehead atoms. The summed E-state index contributed by atoms with van der Waals surface area (Å²) in [4.78, 5) is 0. The fourth-order valence-electron chi connectivity index (χ4n) is 2.66. The average molecular weight is 265 g/mol. The molecule has 2 aromatic carbocycles. The summed E-state index contributed by atoms with van der Waals surface area (Å²) in [5.41, 5.74) is 9.20. The Kier molecular flexibility index (Phi) is 2.18. The van der Waals surface area contributed by atoms with Gasteiger partial charge >= 0.3 is 0 Å². The highest BCUT2D eigenvalue weighted by atomic mass is 32.1. The molecule has 0 spiro atoms. The summed E-state index contributed by atoms with van der Waals surface area (Å²) in [6.07, 6.45) is 0. The van der Waals surface area contributed by atoms with E-state index in [1.807, 2.05) is 13.0 Å². The van der Waals surface area contributed by atoms with Crippen LogP contribution in [0.2, 0.25) is 0 Å². The average Bonchev–Trinajstić information content (AvgIpc) is 2.74. The molecule has 1 aromatic heterocycles. The van der Waals surface area contributed by atoms with Gasteiger partial charge in [-0.05, 0) is 42.2 Å². The zero-order chi connectivity index (χ0) is 13.0. The molecular weight excluding hydrogens is 253 g/mol. The molecule has 0 radical (unpaired) electrons. The molecule has 19 heavy (non-hydrogen) atoms.